The number of hydrogen-bond acceptors (Lipinski definition) is 2. The Morgan fingerprint density at radius 3 is 2.45 bits per heavy atom. The standard InChI is InChI=1S/C17H22Br2FNO/c1-16(2)9-10-8-12(18)15(20)14(19)13(10)17(16,22)11-4-6-21(3)7-5-11/h8,11,22H,4-7,9H2,1-3H3. The van der Waals surface area contributed by atoms with E-state index in [9.17, 15) is 9.50 Å². The van der Waals surface area contributed by atoms with Crippen LogP contribution >= 0.6 is 31.9 Å². The maximum Gasteiger partial charge on any atom is 0.151 e. The van der Waals surface area contributed by atoms with Gasteiger partial charge in [0.25, 0.3) is 0 Å². The lowest BCUT2D eigenvalue weighted by Crippen LogP contribution is -2.49. The minimum absolute atomic E-state index is 0.164. The van der Waals surface area contributed by atoms with E-state index in [4.69, 9.17) is 0 Å². The molecule has 5 heteroatoms. The van der Waals surface area contributed by atoms with Gasteiger partial charge in [-0.3, -0.25) is 0 Å². The van der Waals surface area contributed by atoms with Crippen molar-refractivity contribution in [2.24, 2.45) is 11.3 Å². The Hall–Kier alpha value is 0.0300. The van der Waals surface area contributed by atoms with Crippen molar-refractivity contribution in [3.05, 3.63) is 32.0 Å². The molecule has 1 atom stereocenters. The first-order valence-corrected chi connectivity index (χ1v) is 9.35. The Kier molecular flexibility index (Phi) is 4.25. The topological polar surface area (TPSA) is 23.5 Å². The van der Waals surface area contributed by atoms with Crippen LogP contribution < -0.4 is 0 Å². The highest BCUT2D eigenvalue weighted by Crippen LogP contribution is 2.58. The fraction of sp³-hybridized carbons (Fsp3) is 0.647. The molecule has 1 unspecified atom stereocenters. The molecule has 1 heterocycles. The lowest BCUT2D eigenvalue weighted by atomic mass is 9.65. The number of aliphatic hydroxyl groups is 1. The van der Waals surface area contributed by atoms with Crippen molar-refractivity contribution in [2.75, 3.05) is 20.1 Å². The third-order valence-corrected chi connectivity index (χ3v) is 6.92. The molecule has 1 aliphatic carbocycles. The summed E-state index contributed by atoms with van der Waals surface area (Å²) in [5.41, 5.74) is 0.537. The van der Waals surface area contributed by atoms with E-state index < -0.39 is 5.60 Å². The zero-order chi connectivity index (χ0) is 16.3. The summed E-state index contributed by atoms with van der Waals surface area (Å²) in [7, 11) is 2.11. The highest BCUT2D eigenvalue weighted by atomic mass is 79.9. The number of piperidine rings is 1. The summed E-state index contributed by atoms with van der Waals surface area (Å²) in [5.74, 6) is -0.153. The Morgan fingerprint density at radius 1 is 1.27 bits per heavy atom. The third-order valence-electron chi connectivity index (χ3n) is 5.60. The number of likely N-dealkylation sites (tertiary alicyclic amines) is 1. The highest BCUT2D eigenvalue weighted by Gasteiger charge is 2.57. The molecular weight excluding hydrogens is 413 g/mol. The lowest BCUT2D eigenvalue weighted by molar-refractivity contribution is -0.122. The molecule has 3 rings (SSSR count). The first-order chi connectivity index (χ1) is 10.2. The van der Waals surface area contributed by atoms with Crippen LogP contribution in [0.5, 0.6) is 0 Å². The largest absolute Gasteiger partial charge is 0.384 e. The molecular formula is C17H22Br2FNO. The van der Waals surface area contributed by atoms with Crippen LogP contribution in [0, 0.1) is 17.2 Å². The maximum atomic E-state index is 14.4. The van der Waals surface area contributed by atoms with Crippen molar-refractivity contribution in [1.29, 1.82) is 0 Å². The van der Waals surface area contributed by atoms with Gasteiger partial charge in [-0.1, -0.05) is 13.8 Å². The van der Waals surface area contributed by atoms with Gasteiger partial charge in [0.05, 0.1) is 14.5 Å². The van der Waals surface area contributed by atoms with Crippen LogP contribution in [0.15, 0.2) is 15.0 Å². The fourth-order valence-corrected chi connectivity index (χ4v) is 5.84. The molecule has 1 N–H and O–H groups in total. The SMILES string of the molecule is CN1CCC(C2(O)c3c(cc(Br)c(F)c3Br)CC2(C)C)CC1. The van der Waals surface area contributed by atoms with Crippen molar-refractivity contribution >= 4 is 31.9 Å². The van der Waals surface area contributed by atoms with Gasteiger partial charge in [-0.25, -0.2) is 4.39 Å². The second-order valence-electron chi connectivity index (χ2n) is 7.43. The molecule has 0 saturated carbocycles. The van der Waals surface area contributed by atoms with Crippen molar-refractivity contribution in [3.8, 4) is 0 Å². The second kappa shape index (κ2) is 5.54. The minimum Gasteiger partial charge on any atom is -0.384 e. The summed E-state index contributed by atoms with van der Waals surface area (Å²) in [5, 5.41) is 11.7. The molecule has 0 radical (unpaired) electrons. The van der Waals surface area contributed by atoms with Gasteiger partial charge in [0, 0.05) is 11.0 Å². The summed E-state index contributed by atoms with van der Waals surface area (Å²) in [6, 6.07) is 1.84. The first-order valence-electron chi connectivity index (χ1n) is 7.76. The second-order valence-corrected chi connectivity index (χ2v) is 9.07. The van der Waals surface area contributed by atoms with Gasteiger partial charge >= 0.3 is 0 Å². The van der Waals surface area contributed by atoms with Gasteiger partial charge in [0.2, 0.25) is 0 Å². The zero-order valence-corrected chi connectivity index (χ0v) is 16.4. The third kappa shape index (κ3) is 2.31. The first kappa shape index (κ1) is 16.9. The molecule has 1 saturated heterocycles. The molecule has 0 amide bonds. The lowest BCUT2D eigenvalue weighted by Gasteiger charge is -2.46. The normalized spacial score (nSPS) is 28.9. The Labute approximate surface area is 148 Å². The Morgan fingerprint density at radius 2 is 1.86 bits per heavy atom. The van der Waals surface area contributed by atoms with Crippen LogP contribution in [0.3, 0.4) is 0 Å². The van der Waals surface area contributed by atoms with Gasteiger partial charge in [0.1, 0.15) is 0 Å². The summed E-state index contributed by atoms with van der Waals surface area (Å²) >= 11 is 6.70. The molecule has 1 aromatic carbocycles. The molecule has 1 aliphatic heterocycles. The predicted molar refractivity (Wildman–Crippen MR) is 93.4 cm³/mol. The van der Waals surface area contributed by atoms with Gasteiger partial charge in [-0.15, -0.1) is 0 Å². The average Bonchev–Trinajstić information content (AvgIpc) is 2.64. The van der Waals surface area contributed by atoms with Gasteiger partial charge in [0.15, 0.2) is 5.82 Å². The number of hydrogen-bond donors (Lipinski definition) is 1. The van der Waals surface area contributed by atoms with Crippen LogP contribution in [0.2, 0.25) is 0 Å². The van der Waals surface area contributed by atoms with Crippen LogP contribution in [-0.4, -0.2) is 30.1 Å². The molecule has 2 aliphatic rings. The summed E-state index contributed by atoms with van der Waals surface area (Å²) in [6.07, 6.45) is 2.66. The summed E-state index contributed by atoms with van der Waals surface area (Å²) in [6.45, 7) is 6.16. The van der Waals surface area contributed by atoms with Gasteiger partial charge in [-0.05, 0) is 88.8 Å². The highest BCUT2D eigenvalue weighted by molar-refractivity contribution is 9.11. The number of benzene rings is 1. The molecule has 0 spiro atoms. The quantitative estimate of drug-likeness (QED) is 0.659. The van der Waals surface area contributed by atoms with E-state index in [2.05, 4.69) is 57.7 Å². The van der Waals surface area contributed by atoms with Crippen LogP contribution in [-0.2, 0) is 12.0 Å². The Bertz CT molecular complexity index is 611. The molecule has 0 bridgehead atoms. The van der Waals surface area contributed by atoms with E-state index in [1.165, 1.54) is 0 Å². The van der Waals surface area contributed by atoms with Crippen LogP contribution in [0.25, 0.3) is 0 Å². The maximum absolute atomic E-state index is 14.4. The van der Waals surface area contributed by atoms with E-state index >= 15 is 0 Å². The summed E-state index contributed by atoms with van der Waals surface area (Å²) < 4.78 is 15.3. The van der Waals surface area contributed by atoms with E-state index in [1.807, 2.05) is 6.07 Å². The van der Waals surface area contributed by atoms with Crippen molar-refractivity contribution in [1.82, 2.24) is 4.90 Å². The molecule has 1 fully saturated rings. The van der Waals surface area contributed by atoms with Crippen LogP contribution in [0.1, 0.15) is 37.8 Å². The smallest absolute Gasteiger partial charge is 0.151 e. The average molecular weight is 435 g/mol. The van der Waals surface area contributed by atoms with Crippen molar-refractivity contribution < 1.29 is 9.50 Å². The number of fused-ring (bicyclic) bond motifs is 1. The molecule has 2 nitrogen and oxygen atoms in total. The number of nitrogens with zero attached hydrogens (tertiary/aromatic N) is 1. The minimum atomic E-state index is -0.982. The molecule has 122 valence electrons. The van der Waals surface area contributed by atoms with Crippen molar-refractivity contribution in [2.45, 2.75) is 38.7 Å². The van der Waals surface area contributed by atoms with Gasteiger partial charge < -0.3 is 10.0 Å². The predicted octanol–water partition coefficient (Wildman–Crippen LogP) is 4.46. The molecule has 22 heavy (non-hydrogen) atoms. The van der Waals surface area contributed by atoms with E-state index in [0.717, 1.165) is 43.5 Å². The fourth-order valence-electron chi connectivity index (χ4n) is 4.33. The van der Waals surface area contributed by atoms with Gasteiger partial charge in [-0.2, -0.15) is 0 Å². The van der Waals surface area contributed by atoms with E-state index in [-0.39, 0.29) is 17.2 Å². The van der Waals surface area contributed by atoms with Crippen LogP contribution in [0.4, 0.5) is 4.39 Å². The molecule has 1 aromatic rings. The Balaban J connectivity index is 2.14. The molecule has 0 aromatic heterocycles. The van der Waals surface area contributed by atoms with Crippen molar-refractivity contribution in [3.63, 3.8) is 0 Å². The monoisotopic (exact) mass is 433 g/mol. The zero-order valence-electron chi connectivity index (χ0n) is 13.2. The summed E-state index contributed by atoms with van der Waals surface area (Å²) in [4.78, 5) is 2.29. The van der Waals surface area contributed by atoms with E-state index in [0.29, 0.717) is 8.95 Å². The van der Waals surface area contributed by atoms with E-state index in [1.54, 1.807) is 0 Å². The number of rotatable bonds is 1. The number of halogens is 3.